The van der Waals surface area contributed by atoms with Gasteiger partial charge in [-0.3, -0.25) is 0 Å². The van der Waals surface area contributed by atoms with Gasteiger partial charge >= 0.3 is 0 Å². The average molecular weight is 282 g/mol. The van der Waals surface area contributed by atoms with Crippen LogP contribution in [0.4, 0.5) is 0 Å². The van der Waals surface area contributed by atoms with Crippen molar-refractivity contribution in [2.24, 2.45) is 5.41 Å². The van der Waals surface area contributed by atoms with Gasteiger partial charge in [0.25, 0.3) is 0 Å². The Morgan fingerprint density at radius 1 is 1.32 bits per heavy atom. The largest absolute Gasteiger partial charge is 0.413 e. The second kappa shape index (κ2) is 4.71. The van der Waals surface area contributed by atoms with E-state index in [-0.39, 0.29) is 16.6 Å². The van der Waals surface area contributed by atoms with Crippen LogP contribution in [-0.2, 0) is 4.43 Å². The highest BCUT2D eigenvalue weighted by Crippen LogP contribution is 2.52. The molecule has 1 unspecified atom stereocenters. The van der Waals surface area contributed by atoms with Crippen molar-refractivity contribution in [2.45, 2.75) is 83.7 Å². The van der Waals surface area contributed by atoms with Crippen molar-refractivity contribution in [3.8, 4) is 0 Å². The Hall–Kier alpha value is -0.123. The van der Waals surface area contributed by atoms with Crippen LogP contribution in [0, 0.1) is 5.41 Å². The van der Waals surface area contributed by atoms with Crippen molar-refractivity contribution >= 4 is 8.32 Å². The third-order valence-corrected chi connectivity index (χ3v) is 10.2. The topological polar surface area (TPSA) is 29.5 Å². The van der Waals surface area contributed by atoms with Crippen LogP contribution >= 0.6 is 0 Å². The van der Waals surface area contributed by atoms with Gasteiger partial charge in [-0.05, 0) is 43.8 Å². The molecule has 2 nitrogen and oxygen atoms in total. The fraction of sp³-hybridized carbons (Fsp3) is 0.875. The number of hydrogen-bond acceptors (Lipinski definition) is 2. The highest BCUT2D eigenvalue weighted by molar-refractivity contribution is 6.74. The van der Waals surface area contributed by atoms with Crippen molar-refractivity contribution in [1.29, 1.82) is 0 Å². The Labute approximate surface area is 119 Å². The van der Waals surface area contributed by atoms with Crippen LogP contribution in [0.1, 0.15) is 53.4 Å². The number of fused-ring (bicyclic) bond motifs is 1. The van der Waals surface area contributed by atoms with Crippen LogP contribution in [0.15, 0.2) is 11.6 Å². The van der Waals surface area contributed by atoms with Gasteiger partial charge in [0.2, 0.25) is 0 Å². The van der Waals surface area contributed by atoms with Crippen LogP contribution in [0.5, 0.6) is 0 Å². The van der Waals surface area contributed by atoms with Gasteiger partial charge in [-0.25, -0.2) is 0 Å². The summed E-state index contributed by atoms with van der Waals surface area (Å²) in [5.41, 5.74) is 1.62. The maximum Gasteiger partial charge on any atom is 0.192 e. The van der Waals surface area contributed by atoms with E-state index in [9.17, 15) is 5.11 Å². The van der Waals surface area contributed by atoms with Crippen molar-refractivity contribution in [1.82, 2.24) is 0 Å². The molecule has 2 aliphatic rings. The summed E-state index contributed by atoms with van der Waals surface area (Å²) in [5, 5.41) is 10.1. The minimum absolute atomic E-state index is 0.175. The quantitative estimate of drug-likeness (QED) is 0.606. The Morgan fingerprint density at radius 2 is 1.95 bits per heavy atom. The molecule has 0 bridgehead atoms. The third kappa shape index (κ3) is 2.70. The molecular weight excluding hydrogens is 252 g/mol. The lowest BCUT2D eigenvalue weighted by Gasteiger charge is -2.44. The summed E-state index contributed by atoms with van der Waals surface area (Å²) in [6.45, 7) is 13.9. The molecule has 0 aromatic rings. The lowest BCUT2D eigenvalue weighted by Crippen LogP contribution is -2.47. The lowest BCUT2D eigenvalue weighted by atomic mass is 9.74. The monoisotopic (exact) mass is 282 g/mol. The SMILES string of the molecule is CC(C)(C)[Si](C)(C)O[C@@H]1CCC2=CC(O)CC[C@]21C. The number of rotatable bonds is 2. The molecule has 0 aromatic carbocycles. The summed E-state index contributed by atoms with van der Waals surface area (Å²) in [6, 6.07) is 0. The van der Waals surface area contributed by atoms with Crippen LogP contribution in [-0.4, -0.2) is 25.6 Å². The van der Waals surface area contributed by atoms with Crippen molar-refractivity contribution < 1.29 is 9.53 Å². The van der Waals surface area contributed by atoms with E-state index in [1.54, 1.807) is 0 Å². The number of aliphatic hydroxyl groups excluding tert-OH is 1. The molecule has 110 valence electrons. The predicted octanol–water partition coefficient (Wildman–Crippen LogP) is 4.26. The van der Waals surface area contributed by atoms with Gasteiger partial charge in [-0.2, -0.15) is 0 Å². The molecule has 0 radical (unpaired) electrons. The molecule has 0 heterocycles. The van der Waals surface area contributed by atoms with E-state index < -0.39 is 8.32 Å². The maximum atomic E-state index is 9.81. The van der Waals surface area contributed by atoms with E-state index in [1.807, 2.05) is 0 Å². The second-order valence-electron chi connectivity index (χ2n) is 8.12. The van der Waals surface area contributed by atoms with Crippen molar-refractivity contribution in [2.75, 3.05) is 0 Å². The summed E-state index contributed by atoms with van der Waals surface area (Å²) in [6.07, 6.45) is 6.41. The van der Waals surface area contributed by atoms with E-state index in [1.165, 1.54) is 5.57 Å². The zero-order valence-electron chi connectivity index (χ0n) is 13.4. The first-order chi connectivity index (χ1) is 8.56. The van der Waals surface area contributed by atoms with Gasteiger partial charge in [0, 0.05) is 5.41 Å². The van der Waals surface area contributed by atoms with E-state index in [0.717, 1.165) is 25.7 Å². The van der Waals surface area contributed by atoms with Gasteiger partial charge in [-0.15, -0.1) is 0 Å². The standard InChI is InChI=1S/C16H30O2Si/c1-15(2,3)19(5,6)18-14-8-7-12-11-13(17)9-10-16(12,14)4/h11,13-14,17H,7-10H2,1-6H3/t13?,14-,16-/m1/s1. The Kier molecular flexibility index (Phi) is 3.79. The molecule has 2 rings (SSSR count). The minimum Gasteiger partial charge on any atom is -0.413 e. The lowest BCUT2D eigenvalue weighted by molar-refractivity contribution is 0.0676. The summed E-state index contributed by atoms with van der Waals surface area (Å²) in [5.74, 6) is 0. The van der Waals surface area contributed by atoms with Crippen LogP contribution in [0.3, 0.4) is 0 Å². The molecule has 1 fully saturated rings. The first-order valence-electron chi connectivity index (χ1n) is 7.63. The first kappa shape index (κ1) is 15.3. The summed E-state index contributed by atoms with van der Waals surface area (Å²) in [7, 11) is -1.70. The number of aliphatic hydroxyl groups is 1. The van der Waals surface area contributed by atoms with Gasteiger partial charge in [0.05, 0.1) is 12.2 Å². The molecule has 3 heteroatoms. The predicted molar refractivity (Wildman–Crippen MR) is 82.7 cm³/mol. The molecule has 0 aliphatic heterocycles. The fourth-order valence-electron chi connectivity index (χ4n) is 3.18. The molecular formula is C16H30O2Si. The zero-order chi connectivity index (χ0) is 14.5. The molecule has 0 saturated heterocycles. The van der Waals surface area contributed by atoms with Crippen LogP contribution in [0.2, 0.25) is 18.1 Å². The Morgan fingerprint density at radius 3 is 2.53 bits per heavy atom. The number of hydrogen-bond donors (Lipinski definition) is 1. The zero-order valence-corrected chi connectivity index (χ0v) is 14.4. The molecule has 0 spiro atoms. The summed E-state index contributed by atoms with van der Waals surface area (Å²) in [4.78, 5) is 0. The highest BCUT2D eigenvalue weighted by Gasteiger charge is 2.49. The Balaban J connectivity index is 2.18. The highest BCUT2D eigenvalue weighted by atomic mass is 28.4. The molecule has 3 atom stereocenters. The van der Waals surface area contributed by atoms with Crippen LogP contribution in [0.25, 0.3) is 0 Å². The van der Waals surface area contributed by atoms with E-state index in [4.69, 9.17) is 4.43 Å². The normalized spacial score (nSPS) is 36.1. The van der Waals surface area contributed by atoms with Gasteiger partial charge < -0.3 is 9.53 Å². The third-order valence-electron chi connectivity index (χ3n) is 5.72. The molecule has 2 aliphatic carbocycles. The van der Waals surface area contributed by atoms with Gasteiger partial charge in [-0.1, -0.05) is 39.3 Å². The summed E-state index contributed by atoms with van der Waals surface area (Å²) < 4.78 is 6.69. The second-order valence-corrected chi connectivity index (χ2v) is 12.9. The Bertz CT molecular complexity index is 381. The molecule has 1 N–H and O–H groups in total. The van der Waals surface area contributed by atoms with E-state index in [0.29, 0.717) is 6.10 Å². The fourth-order valence-corrected chi connectivity index (χ4v) is 4.62. The molecule has 0 amide bonds. The molecule has 0 aromatic heterocycles. The smallest absolute Gasteiger partial charge is 0.192 e. The molecule has 1 saturated carbocycles. The first-order valence-corrected chi connectivity index (χ1v) is 10.5. The van der Waals surface area contributed by atoms with Crippen LogP contribution < -0.4 is 0 Å². The minimum atomic E-state index is -1.70. The van der Waals surface area contributed by atoms with E-state index >= 15 is 0 Å². The van der Waals surface area contributed by atoms with Crippen molar-refractivity contribution in [3.63, 3.8) is 0 Å². The van der Waals surface area contributed by atoms with Gasteiger partial charge in [0.1, 0.15) is 0 Å². The maximum absolute atomic E-state index is 9.81. The average Bonchev–Trinajstić information content (AvgIpc) is 2.55. The summed E-state index contributed by atoms with van der Waals surface area (Å²) >= 11 is 0. The molecule has 19 heavy (non-hydrogen) atoms. The van der Waals surface area contributed by atoms with Crippen molar-refractivity contribution in [3.05, 3.63) is 11.6 Å². The van der Waals surface area contributed by atoms with E-state index in [2.05, 4.69) is 46.9 Å². The van der Waals surface area contributed by atoms with Gasteiger partial charge in [0.15, 0.2) is 8.32 Å².